The van der Waals surface area contributed by atoms with E-state index in [-0.39, 0.29) is 29.2 Å². The Hall–Kier alpha value is -2.19. The van der Waals surface area contributed by atoms with Crippen LogP contribution >= 0.6 is 11.6 Å². The number of benzene rings is 1. The number of halogens is 1. The van der Waals surface area contributed by atoms with Crippen molar-refractivity contribution in [3.05, 3.63) is 33.3 Å². The van der Waals surface area contributed by atoms with E-state index >= 15 is 0 Å². The Kier molecular flexibility index (Phi) is 4.39. The lowest BCUT2D eigenvalue weighted by Gasteiger charge is -2.12. The average Bonchev–Trinajstić information content (AvgIpc) is 2.88. The fourth-order valence-electron chi connectivity index (χ4n) is 1.99. The Labute approximate surface area is 123 Å². The first-order chi connectivity index (χ1) is 9.88. The maximum atomic E-state index is 12.0. The molecule has 1 saturated heterocycles. The number of carboxylic acids is 1. The first-order valence-corrected chi connectivity index (χ1v) is 6.39. The van der Waals surface area contributed by atoms with E-state index in [0.29, 0.717) is 0 Å². The SMILES string of the molecule is O=C(O)C1CCC(C(=O)Nc2cc(Cl)ccc2[N+](=O)[O-])O1. The Bertz CT molecular complexity index is 605. The number of aliphatic carboxylic acids is 1. The van der Waals surface area contributed by atoms with Gasteiger partial charge in [-0.25, -0.2) is 4.79 Å². The predicted octanol–water partition coefficient (Wildman–Crippen LogP) is 1.82. The van der Waals surface area contributed by atoms with Gasteiger partial charge >= 0.3 is 5.97 Å². The van der Waals surface area contributed by atoms with Crippen molar-refractivity contribution in [2.24, 2.45) is 0 Å². The van der Waals surface area contributed by atoms with Gasteiger partial charge in [-0.05, 0) is 25.0 Å². The molecule has 1 fully saturated rings. The average molecular weight is 315 g/mol. The molecule has 2 atom stereocenters. The number of nitro groups is 1. The van der Waals surface area contributed by atoms with Gasteiger partial charge in [0, 0.05) is 11.1 Å². The number of ether oxygens (including phenoxy) is 1. The highest BCUT2D eigenvalue weighted by atomic mass is 35.5. The van der Waals surface area contributed by atoms with Gasteiger partial charge in [0.25, 0.3) is 11.6 Å². The summed E-state index contributed by atoms with van der Waals surface area (Å²) < 4.78 is 5.07. The highest BCUT2D eigenvalue weighted by Gasteiger charge is 2.35. The number of rotatable bonds is 4. The van der Waals surface area contributed by atoms with Gasteiger partial charge in [0.1, 0.15) is 11.8 Å². The molecule has 0 aliphatic carbocycles. The van der Waals surface area contributed by atoms with Crippen LogP contribution in [0.15, 0.2) is 18.2 Å². The maximum absolute atomic E-state index is 12.0. The molecule has 8 nitrogen and oxygen atoms in total. The van der Waals surface area contributed by atoms with Gasteiger partial charge in [0.15, 0.2) is 6.10 Å². The molecule has 1 heterocycles. The third kappa shape index (κ3) is 3.47. The molecule has 2 N–H and O–H groups in total. The normalized spacial score (nSPS) is 21.0. The van der Waals surface area contributed by atoms with Crippen LogP contribution in [-0.2, 0) is 14.3 Å². The Morgan fingerprint density at radius 2 is 2.05 bits per heavy atom. The van der Waals surface area contributed by atoms with Crippen molar-refractivity contribution in [2.45, 2.75) is 25.0 Å². The van der Waals surface area contributed by atoms with Crippen LogP contribution in [0.1, 0.15) is 12.8 Å². The summed E-state index contributed by atoms with van der Waals surface area (Å²) in [5, 5.41) is 22.3. The molecule has 1 aromatic rings. The summed E-state index contributed by atoms with van der Waals surface area (Å²) in [5.74, 6) is -1.77. The van der Waals surface area contributed by atoms with Crippen molar-refractivity contribution >= 4 is 34.9 Å². The van der Waals surface area contributed by atoms with Gasteiger partial charge in [0.2, 0.25) is 0 Å². The summed E-state index contributed by atoms with van der Waals surface area (Å²) >= 11 is 5.75. The number of amides is 1. The monoisotopic (exact) mass is 314 g/mol. The second-order valence-corrected chi connectivity index (χ2v) is 4.87. The standard InChI is InChI=1S/C12H11ClN2O6/c13-6-1-2-8(15(19)20)7(5-6)14-11(16)9-3-4-10(21-9)12(17)18/h1-2,5,9-10H,3-4H2,(H,14,16)(H,17,18). The molecular formula is C12H11ClN2O6. The van der Waals surface area contributed by atoms with Gasteiger partial charge in [-0.15, -0.1) is 0 Å². The van der Waals surface area contributed by atoms with Crippen molar-refractivity contribution in [3.8, 4) is 0 Å². The molecular weight excluding hydrogens is 304 g/mol. The van der Waals surface area contributed by atoms with Crippen LogP contribution in [0.5, 0.6) is 0 Å². The van der Waals surface area contributed by atoms with E-state index in [1.807, 2.05) is 0 Å². The summed E-state index contributed by atoms with van der Waals surface area (Å²) in [6.45, 7) is 0. The molecule has 0 aromatic heterocycles. The highest BCUT2D eigenvalue weighted by Crippen LogP contribution is 2.29. The van der Waals surface area contributed by atoms with E-state index in [9.17, 15) is 19.7 Å². The van der Waals surface area contributed by atoms with Gasteiger partial charge in [0.05, 0.1) is 4.92 Å². The minimum absolute atomic E-state index is 0.0557. The molecule has 0 saturated carbocycles. The van der Waals surface area contributed by atoms with Crippen LogP contribution in [0.4, 0.5) is 11.4 Å². The fraction of sp³-hybridized carbons (Fsp3) is 0.333. The predicted molar refractivity (Wildman–Crippen MR) is 72.3 cm³/mol. The number of carboxylic acid groups (broad SMARTS) is 1. The lowest BCUT2D eigenvalue weighted by molar-refractivity contribution is -0.383. The number of carbonyl (C=O) groups excluding carboxylic acids is 1. The molecule has 112 valence electrons. The second-order valence-electron chi connectivity index (χ2n) is 4.44. The Morgan fingerprint density at radius 1 is 1.38 bits per heavy atom. The number of carbonyl (C=O) groups is 2. The van der Waals surface area contributed by atoms with Crippen LogP contribution in [0.3, 0.4) is 0 Å². The molecule has 21 heavy (non-hydrogen) atoms. The zero-order valence-electron chi connectivity index (χ0n) is 10.6. The topological polar surface area (TPSA) is 119 Å². The van der Waals surface area contributed by atoms with Crippen LogP contribution in [0, 0.1) is 10.1 Å². The molecule has 0 spiro atoms. The van der Waals surface area contributed by atoms with Gasteiger partial charge in [-0.1, -0.05) is 11.6 Å². The molecule has 1 aliphatic rings. The number of nitro benzene ring substituents is 1. The molecule has 0 bridgehead atoms. The van der Waals surface area contributed by atoms with E-state index in [1.54, 1.807) is 0 Å². The van der Waals surface area contributed by atoms with E-state index in [1.165, 1.54) is 18.2 Å². The summed E-state index contributed by atoms with van der Waals surface area (Å²) in [7, 11) is 0. The third-order valence-corrected chi connectivity index (χ3v) is 3.24. The second kappa shape index (κ2) is 6.06. The first kappa shape index (κ1) is 15.2. The quantitative estimate of drug-likeness (QED) is 0.646. The van der Waals surface area contributed by atoms with Crippen LogP contribution in [0.2, 0.25) is 5.02 Å². The summed E-state index contributed by atoms with van der Waals surface area (Å²) in [5.41, 5.74) is -0.361. The zero-order chi connectivity index (χ0) is 15.6. The lowest BCUT2D eigenvalue weighted by atomic mass is 10.2. The van der Waals surface area contributed by atoms with Crippen molar-refractivity contribution in [2.75, 3.05) is 5.32 Å². The summed E-state index contributed by atoms with van der Waals surface area (Å²) in [4.78, 5) is 33.0. The van der Waals surface area contributed by atoms with Gasteiger partial charge in [-0.3, -0.25) is 14.9 Å². The smallest absolute Gasteiger partial charge is 0.332 e. The van der Waals surface area contributed by atoms with E-state index in [0.717, 1.165) is 0 Å². The van der Waals surface area contributed by atoms with E-state index in [4.69, 9.17) is 21.4 Å². The van der Waals surface area contributed by atoms with Gasteiger partial charge in [-0.2, -0.15) is 0 Å². The minimum atomic E-state index is -1.14. The molecule has 1 aromatic carbocycles. The van der Waals surface area contributed by atoms with E-state index < -0.39 is 29.0 Å². The van der Waals surface area contributed by atoms with E-state index in [2.05, 4.69) is 5.32 Å². The molecule has 2 rings (SSSR count). The summed E-state index contributed by atoms with van der Waals surface area (Å²) in [6, 6.07) is 3.76. The van der Waals surface area contributed by atoms with Crippen LogP contribution < -0.4 is 5.32 Å². The van der Waals surface area contributed by atoms with Gasteiger partial charge < -0.3 is 15.2 Å². The first-order valence-electron chi connectivity index (χ1n) is 6.01. The Morgan fingerprint density at radius 3 is 2.62 bits per heavy atom. The van der Waals surface area contributed by atoms with Crippen molar-refractivity contribution in [1.82, 2.24) is 0 Å². The lowest BCUT2D eigenvalue weighted by Crippen LogP contribution is -2.30. The van der Waals surface area contributed by atoms with Crippen molar-refractivity contribution < 1.29 is 24.4 Å². The molecule has 1 amide bonds. The number of hydrogen-bond acceptors (Lipinski definition) is 5. The molecule has 2 unspecified atom stereocenters. The molecule has 9 heteroatoms. The number of nitrogens with one attached hydrogen (secondary N) is 1. The number of anilines is 1. The maximum Gasteiger partial charge on any atom is 0.332 e. The summed E-state index contributed by atoms with van der Waals surface area (Å²) in [6.07, 6.45) is -1.54. The van der Waals surface area contributed by atoms with Crippen molar-refractivity contribution in [1.29, 1.82) is 0 Å². The third-order valence-electron chi connectivity index (χ3n) is 3.00. The largest absolute Gasteiger partial charge is 0.479 e. The van der Waals surface area contributed by atoms with Crippen LogP contribution in [-0.4, -0.2) is 34.1 Å². The highest BCUT2D eigenvalue weighted by molar-refractivity contribution is 6.31. The Balaban J connectivity index is 2.12. The van der Waals surface area contributed by atoms with Crippen molar-refractivity contribution in [3.63, 3.8) is 0 Å². The fourth-order valence-corrected chi connectivity index (χ4v) is 2.16. The van der Waals surface area contributed by atoms with Crippen LogP contribution in [0.25, 0.3) is 0 Å². The minimum Gasteiger partial charge on any atom is -0.479 e. The number of nitrogens with zero attached hydrogens (tertiary/aromatic N) is 1. The molecule has 0 radical (unpaired) electrons. The molecule has 1 aliphatic heterocycles. The zero-order valence-corrected chi connectivity index (χ0v) is 11.4. The number of hydrogen-bond donors (Lipinski definition) is 2.